The molecule has 0 nitrogen and oxygen atoms in total. The van der Waals surface area contributed by atoms with Gasteiger partial charge in [-0.25, -0.2) is 0 Å². The smallest absolute Gasteiger partial charge is 0.0285 e. The first-order valence-electron chi connectivity index (χ1n) is 4.05. The van der Waals surface area contributed by atoms with Gasteiger partial charge in [0.15, 0.2) is 0 Å². The number of hydrogen-bond donors (Lipinski definition) is 0. The molecule has 1 rings (SSSR count). The van der Waals surface area contributed by atoms with Gasteiger partial charge in [0.1, 0.15) is 0 Å². The molecular weight excluding hydrogens is 132 g/mol. The Morgan fingerprint density at radius 3 is 2.64 bits per heavy atom. The fourth-order valence-electron chi connectivity index (χ4n) is 0.981. The Morgan fingerprint density at radius 1 is 1.00 bits per heavy atom. The van der Waals surface area contributed by atoms with Crippen molar-refractivity contribution < 1.29 is 0 Å². The Bertz CT molecular complexity index is 214. The van der Waals surface area contributed by atoms with E-state index < -0.39 is 0 Å². The Morgan fingerprint density at radius 2 is 1.73 bits per heavy atom. The summed E-state index contributed by atoms with van der Waals surface area (Å²) in [6, 6.07) is 0. The summed E-state index contributed by atoms with van der Waals surface area (Å²) in [6.07, 6.45) is 17.1. The lowest BCUT2D eigenvalue weighted by Crippen LogP contribution is -1.74. The zero-order valence-electron chi connectivity index (χ0n) is 6.96. The molecule has 0 N–H and O–H groups in total. The van der Waals surface area contributed by atoms with Gasteiger partial charge in [0, 0.05) is 0 Å². The predicted octanol–water partition coefficient (Wildman–Crippen LogP) is 3.40. The molecule has 0 radical (unpaired) electrons. The largest absolute Gasteiger partial charge is 0.0842 e. The Kier molecular flexibility index (Phi) is 3.46. The minimum Gasteiger partial charge on any atom is -0.0842 e. The highest BCUT2D eigenvalue weighted by Gasteiger charge is 1.85. The van der Waals surface area contributed by atoms with Crippen molar-refractivity contribution in [1.29, 1.82) is 0 Å². The summed E-state index contributed by atoms with van der Waals surface area (Å²) in [4.78, 5) is 0. The van der Waals surface area contributed by atoms with E-state index in [1.54, 1.807) is 0 Å². The van der Waals surface area contributed by atoms with E-state index in [2.05, 4.69) is 43.4 Å². The van der Waals surface area contributed by atoms with Gasteiger partial charge < -0.3 is 0 Å². The molecule has 1 aliphatic carbocycles. The topological polar surface area (TPSA) is 0 Å². The third kappa shape index (κ3) is 3.61. The van der Waals surface area contributed by atoms with Crippen LogP contribution in [0, 0.1) is 0 Å². The molecule has 0 spiro atoms. The molecule has 0 heterocycles. The fraction of sp³-hybridized carbons (Fsp3) is 0.273. The molecule has 0 unspecified atom stereocenters. The van der Waals surface area contributed by atoms with Crippen LogP contribution in [0.25, 0.3) is 0 Å². The van der Waals surface area contributed by atoms with Crippen molar-refractivity contribution in [2.45, 2.75) is 19.8 Å². The minimum absolute atomic E-state index is 1.15. The molecule has 0 amide bonds. The maximum Gasteiger partial charge on any atom is -0.0285 e. The molecular formula is C11H14. The van der Waals surface area contributed by atoms with Gasteiger partial charge in [0.25, 0.3) is 0 Å². The summed E-state index contributed by atoms with van der Waals surface area (Å²) in [6.45, 7) is 2.17. The second-order valence-electron chi connectivity index (χ2n) is 2.75. The van der Waals surface area contributed by atoms with Crippen LogP contribution in [0.1, 0.15) is 19.8 Å². The molecule has 11 heavy (non-hydrogen) atoms. The predicted molar refractivity (Wildman–Crippen MR) is 50.4 cm³/mol. The van der Waals surface area contributed by atoms with Gasteiger partial charge >= 0.3 is 0 Å². The zero-order valence-corrected chi connectivity index (χ0v) is 6.96. The summed E-state index contributed by atoms with van der Waals surface area (Å²) in [7, 11) is 0. The summed E-state index contributed by atoms with van der Waals surface area (Å²) < 4.78 is 0. The van der Waals surface area contributed by atoms with Gasteiger partial charge in [-0.05, 0) is 19.8 Å². The van der Waals surface area contributed by atoms with E-state index in [0.717, 1.165) is 6.42 Å². The standard InChI is InChI=1S/C11H14/c1-11-9-7-5-3-2-4-6-8-10-11/h2-7,9H,8,10H2,1H3. The molecule has 0 aromatic rings. The van der Waals surface area contributed by atoms with Crippen molar-refractivity contribution in [3.8, 4) is 0 Å². The lowest BCUT2D eigenvalue weighted by atomic mass is 10.1. The molecule has 0 heteroatoms. The molecule has 0 saturated carbocycles. The second kappa shape index (κ2) is 4.73. The van der Waals surface area contributed by atoms with Crippen LogP contribution in [-0.2, 0) is 0 Å². The van der Waals surface area contributed by atoms with Gasteiger partial charge in [-0.2, -0.15) is 0 Å². The minimum atomic E-state index is 1.15. The third-order valence-electron chi connectivity index (χ3n) is 1.67. The van der Waals surface area contributed by atoms with Gasteiger partial charge in [0.2, 0.25) is 0 Å². The van der Waals surface area contributed by atoms with Crippen LogP contribution in [0.3, 0.4) is 0 Å². The third-order valence-corrected chi connectivity index (χ3v) is 1.67. The van der Waals surface area contributed by atoms with Crippen molar-refractivity contribution in [1.82, 2.24) is 0 Å². The molecule has 1 aliphatic rings. The zero-order chi connectivity index (χ0) is 7.94. The van der Waals surface area contributed by atoms with E-state index in [9.17, 15) is 0 Å². The van der Waals surface area contributed by atoms with Crippen LogP contribution in [0.5, 0.6) is 0 Å². The molecule has 58 valence electrons. The van der Waals surface area contributed by atoms with Crippen molar-refractivity contribution in [2.75, 3.05) is 0 Å². The summed E-state index contributed by atoms with van der Waals surface area (Å²) in [5, 5.41) is 0. The maximum atomic E-state index is 2.20. The molecule has 0 aromatic carbocycles. The SMILES string of the molecule is CC1=CC=CC=CC=CCC1. The Balaban J connectivity index is 2.64. The van der Waals surface area contributed by atoms with Gasteiger partial charge in [-0.15, -0.1) is 0 Å². The normalized spacial score (nSPS) is 18.1. The van der Waals surface area contributed by atoms with Crippen LogP contribution in [0.2, 0.25) is 0 Å². The van der Waals surface area contributed by atoms with Crippen LogP contribution < -0.4 is 0 Å². The molecule has 0 atom stereocenters. The highest BCUT2D eigenvalue weighted by atomic mass is 13.9. The quantitative estimate of drug-likeness (QED) is 0.491. The van der Waals surface area contributed by atoms with Crippen molar-refractivity contribution in [3.05, 3.63) is 48.1 Å². The van der Waals surface area contributed by atoms with E-state index in [0.29, 0.717) is 0 Å². The van der Waals surface area contributed by atoms with Crippen molar-refractivity contribution in [2.24, 2.45) is 0 Å². The van der Waals surface area contributed by atoms with Gasteiger partial charge in [-0.1, -0.05) is 48.1 Å². The van der Waals surface area contributed by atoms with Crippen LogP contribution in [0.4, 0.5) is 0 Å². The van der Waals surface area contributed by atoms with E-state index in [-0.39, 0.29) is 0 Å². The molecule has 0 bridgehead atoms. The van der Waals surface area contributed by atoms with Crippen LogP contribution in [0.15, 0.2) is 48.1 Å². The lowest BCUT2D eigenvalue weighted by molar-refractivity contribution is 0.978. The Hall–Kier alpha value is -1.04. The summed E-state index contributed by atoms with van der Waals surface area (Å²) in [5.74, 6) is 0. The average Bonchev–Trinajstić information content (AvgIpc) is 2.03. The van der Waals surface area contributed by atoms with E-state index in [1.165, 1.54) is 12.0 Å². The van der Waals surface area contributed by atoms with Crippen LogP contribution >= 0.6 is 0 Å². The number of allylic oxidation sites excluding steroid dienone is 8. The second-order valence-corrected chi connectivity index (χ2v) is 2.75. The Labute approximate surface area is 68.6 Å². The van der Waals surface area contributed by atoms with Gasteiger partial charge in [-0.3, -0.25) is 0 Å². The van der Waals surface area contributed by atoms with Crippen LogP contribution in [-0.4, -0.2) is 0 Å². The number of hydrogen-bond acceptors (Lipinski definition) is 0. The number of rotatable bonds is 0. The molecule has 0 fully saturated rings. The van der Waals surface area contributed by atoms with E-state index in [4.69, 9.17) is 0 Å². The van der Waals surface area contributed by atoms with Crippen molar-refractivity contribution in [3.63, 3.8) is 0 Å². The lowest BCUT2D eigenvalue weighted by Gasteiger charge is -1.95. The summed E-state index contributed by atoms with van der Waals surface area (Å²) in [5.41, 5.74) is 1.45. The first-order valence-corrected chi connectivity index (χ1v) is 4.05. The van der Waals surface area contributed by atoms with E-state index in [1.807, 2.05) is 6.08 Å². The molecule has 0 saturated heterocycles. The maximum absolute atomic E-state index is 2.20. The highest BCUT2D eigenvalue weighted by molar-refractivity contribution is 5.19. The molecule has 0 aromatic heterocycles. The fourth-order valence-corrected chi connectivity index (χ4v) is 0.981. The monoisotopic (exact) mass is 146 g/mol. The summed E-state index contributed by atoms with van der Waals surface area (Å²) >= 11 is 0. The average molecular weight is 146 g/mol. The first kappa shape index (κ1) is 8.06. The molecule has 0 aliphatic heterocycles. The van der Waals surface area contributed by atoms with E-state index >= 15 is 0 Å². The first-order chi connectivity index (χ1) is 5.39. The highest BCUT2D eigenvalue weighted by Crippen LogP contribution is 2.05. The van der Waals surface area contributed by atoms with Gasteiger partial charge in [0.05, 0.1) is 0 Å². The van der Waals surface area contributed by atoms with Crippen molar-refractivity contribution >= 4 is 0 Å².